The van der Waals surface area contributed by atoms with Crippen molar-refractivity contribution in [3.8, 4) is 11.3 Å². The molecule has 1 aliphatic carbocycles. The summed E-state index contributed by atoms with van der Waals surface area (Å²) in [7, 11) is 1.77. The zero-order valence-electron chi connectivity index (χ0n) is 19.5. The number of benzene rings is 1. The maximum atomic E-state index is 14.9. The largest absolute Gasteiger partial charge is 0.373 e. The number of nitrogens with zero attached hydrogens (tertiary/aromatic N) is 5. The quantitative estimate of drug-likeness (QED) is 0.424. The number of halogens is 2. The molecule has 0 bridgehead atoms. The standard InChI is InChI=1S/C26H25F2N5O2/c1-14-12-32(2)24-22(19-6-3-17(27)10-20(19)28)30-26(31-23(24)25(14)34)15-7-8-35-21(9-15)16-11-29-33(13-16)18-4-5-18/h3,6,10-13,15,18,21H,4-5,7-9H2,1-2H3/t15-,21-/m1/s1. The summed E-state index contributed by atoms with van der Waals surface area (Å²) in [6, 6.07) is 3.87. The van der Waals surface area contributed by atoms with Crippen molar-refractivity contribution in [1.82, 2.24) is 24.3 Å². The van der Waals surface area contributed by atoms with Crippen LogP contribution in [0.2, 0.25) is 0 Å². The fraction of sp³-hybridized carbons (Fsp3) is 0.385. The van der Waals surface area contributed by atoms with Gasteiger partial charge in [-0.2, -0.15) is 5.10 Å². The van der Waals surface area contributed by atoms with Crippen LogP contribution in [0.1, 0.15) is 60.7 Å². The molecular weight excluding hydrogens is 452 g/mol. The van der Waals surface area contributed by atoms with Gasteiger partial charge in [-0.05, 0) is 44.7 Å². The van der Waals surface area contributed by atoms with Crippen LogP contribution >= 0.6 is 0 Å². The summed E-state index contributed by atoms with van der Waals surface area (Å²) in [6.45, 7) is 2.24. The summed E-state index contributed by atoms with van der Waals surface area (Å²) in [4.78, 5) is 22.6. The molecule has 1 aliphatic heterocycles. The molecule has 6 rings (SSSR count). The molecule has 0 radical (unpaired) electrons. The van der Waals surface area contributed by atoms with E-state index in [1.165, 1.54) is 12.1 Å². The molecule has 35 heavy (non-hydrogen) atoms. The molecule has 0 amide bonds. The molecule has 180 valence electrons. The van der Waals surface area contributed by atoms with Crippen molar-refractivity contribution in [3.05, 3.63) is 75.6 Å². The Kier molecular flexibility index (Phi) is 5.25. The average Bonchev–Trinajstić information content (AvgIpc) is 3.58. The summed E-state index contributed by atoms with van der Waals surface area (Å²) >= 11 is 0. The Morgan fingerprint density at radius 1 is 1.11 bits per heavy atom. The van der Waals surface area contributed by atoms with E-state index in [2.05, 4.69) is 5.10 Å². The maximum absolute atomic E-state index is 14.9. The molecule has 1 aromatic carbocycles. The number of rotatable bonds is 4. The van der Waals surface area contributed by atoms with Crippen LogP contribution < -0.4 is 5.43 Å². The smallest absolute Gasteiger partial charge is 0.210 e. The van der Waals surface area contributed by atoms with Gasteiger partial charge in [0.15, 0.2) is 0 Å². The normalized spacial score (nSPS) is 20.5. The minimum atomic E-state index is -0.735. The third-order valence-corrected chi connectivity index (χ3v) is 6.96. The Hall–Kier alpha value is -3.46. The molecule has 2 atom stereocenters. The van der Waals surface area contributed by atoms with Crippen LogP contribution in [-0.2, 0) is 11.8 Å². The zero-order chi connectivity index (χ0) is 24.3. The van der Waals surface area contributed by atoms with E-state index in [-0.39, 0.29) is 34.2 Å². The Morgan fingerprint density at radius 3 is 2.71 bits per heavy atom. The number of pyridine rings is 1. The van der Waals surface area contributed by atoms with Crippen molar-refractivity contribution in [3.63, 3.8) is 0 Å². The predicted octanol–water partition coefficient (Wildman–Crippen LogP) is 4.75. The monoisotopic (exact) mass is 477 g/mol. The van der Waals surface area contributed by atoms with Crippen molar-refractivity contribution in [1.29, 1.82) is 0 Å². The third-order valence-electron chi connectivity index (χ3n) is 6.96. The van der Waals surface area contributed by atoms with Gasteiger partial charge in [0.2, 0.25) is 5.43 Å². The van der Waals surface area contributed by atoms with Crippen LogP contribution in [0, 0.1) is 18.6 Å². The number of hydrogen-bond donors (Lipinski definition) is 0. The fourth-order valence-corrected chi connectivity index (χ4v) is 4.94. The van der Waals surface area contributed by atoms with Gasteiger partial charge in [0.05, 0.1) is 23.9 Å². The van der Waals surface area contributed by atoms with E-state index in [4.69, 9.17) is 14.7 Å². The van der Waals surface area contributed by atoms with E-state index in [0.29, 0.717) is 42.4 Å². The van der Waals surface area contributed by atoms with Crippen molar-refractivity contribution in [2.24, 2.45) is 7.05 Å². The second kappa shape index (κ2) is 8.34. The summed E-state index contributed by atoms with van der Waals surface area (Å²) < 4.78 is 38.3. The highest BCUT2D eigenvalue weighted by molar-refractivity contribution is 5.89. The molecule has 1 saturated carbocycles. The Labute approximate surface area is 200 Å². The zero-order valence-corrected chi connectivity index (χ0v) is 19.5. The lowest BCUT2D eigenvalue weighted by Crippen LogP contribution is -2.22. The molecule has 4 heterocycles. The summed E-state index contributed by atoms with van der Waals surface area (Å²) in [5.41, 5.74) is 2.40. The van der Waals surface area contributed by atoms with Gasteiger partial charge < -0.3 is 9.30 Å². The van der Waals surface area contributed by atoms with Crippen molar-refractivity contribution >= 4 is 11.0 Å². The van der Waals surface area contributed by atoms with E-state index in [0.717, 1.165) is 24.5 Å². The first-order valence-electron chi connectivity index (χ1n) is 11.9. The van der Waals surface area contributed by atoms with Crippen LogP contribution in [-0.4, -0.2) is 30.9 Å². The van der Waals surface area contributed by atoms with E-state index in [1.54, 1.807) is 24.7 Å². The van der Waals surface area contributed by atoms with Gasteiger partial charge >= 0.3 is 0 Å². The molecule has 1 saturated heterocycles. The molecule has 4 aromatic rings. The first kappa shape index (κ1) is 22.0. The second-order valence-electron chi connectivity index (χ2n) is 9.57. The SMILES string of the molecule is Cc1cn(C)c2c(-c3ccc(F)cc3F)nc([C@@H]3CCO[C@@H](c4cnn(C5CC5)c4)C3)nc2c1=O. The number of fused-ring (bicyclic) bond motifs is 1. The van der Waals surface area contributed by atoms with E-state index in [1.807, 2.05) is 17.1 Å². The molecule has 3 aromatic heterocycles. The lowest BCUT2D eigenvalue weighted by Gasteiger charge is -2.28. The fourth-order valence-electron chi connectivity index (χ4n) is 4.94. The van der Waals surface area contributed by atoms with Gasteiger partial charge in [-0.25, -0.2) is 18.7 Å². The lowest BCUT2D eigenvalue weighted by atomic mass is 9.92. The number of aromatic nitrogens is 5. The molecule has 7 nitrogen and oxygen atoms in total. The van der Waals surface area contributed by atoms with Crippen LogP contribution in [0.3, 0.4) is 0 Å². The van der Waals surface area contributed by atoms with E-state index < -0.39 is 11.6 Å². The van der Waals surface area contributed by atoms with E-state index in [9.17, 15) is 13.6 Å². The average molecular weight is 478 g/mol. The molecule has 0 N–H and O–H groups in total. The minimum Gasteiger partial charge on any atom is -0.373 e. The van der Waals surface area contributed by atoms with Crippen molar-refractivity contribution in [2.75, 3.05) is 6.61 Å². The highest BCUT2D eigenvalue weighted by atomic mass is 19.1. The Balaban J connectivity index is 1.46. The molecule has 2 aliphatic rings. The van der Waals surface area contributed by atoms with Gasteiger partial charge in [-0.15, -0.1) is 0 Å². The second-order valence-corrected chi connectivity index (χ2v) is 9.57. The summed E-state index contributed by atoms with van der Waals surface area (Å²) in [5.74, 6) is -1.02. The van der Waals surface area contributed by atoms with Crippen LogP contribution in [0.25, 0.3) is 22.3 Å². The first-order chi connectivity index (χ1) is 16.9. The summed E-state index contributed by atoms with van der Waals surface area (Å²) in [5, 5.41) is 4.48. The molecule has 0 spiro atoms. The Bertz CT molecular complexity index is 1510. The number of ether oxygens (including phenoxy) is 1. The van der Waals surface area contributed by atoms with Gasteiger partial charge in [0.25, 0.3) is 0 Å². The topological polar surface area (TPSA) is 74.8 Å². The van der Waals surface area contributed by atoms with Gasteiger partial charge in [0, 0.05) is 54.7 Å². The van der Waals surface area contributed by atoms with E-state index >= 15 is 0 Å². The molecular formula is C26H25F2N5O2. The van der Waals surface area contributed by atoms with Gasteiger partial charge in [0.1, 0.15) is 28.7 Å². The molecule has 9 heteroatoms. The van der Waals surface area contributed by atoms with Crippen LogP contribution in [0.5, 0.6) is 0 Å². The summed E-state index contributed by atoms with van der Waals surface area (Å²) in [6.07, 6.45) is 9.02. The first-order valence-corrected chi connectivity index (χ1v) is 11.9. The third kappa shape index (κ3) is 3.93. The Morgan fingerprint density at radius 2 is 1.94 bits per heavy atom. The van der Waals surface area contributed by atoms with Crippen molar-refractivity contribution < 1.29 is 13.5 Å². The van der Waals surface area contributed by atoms with Crippen LogP contribution in [0.15, 0.2) is 41.6 Å². The van der Waals surface area contributed by atoms with Crippen molar-refractivity contribution in [2.45, 2.75) is 50.7 Å². The number of hydrogen-bond acceptors (Lipinski definition) is 5. The van der Waals surface area contributed by atoms with Gasteiger partial charge in [-0.3, -0.25) is 9.48 Å². The highest BCUT2D eigenvalue weighted by Gasteiger charge is 2.31. The number of aryl methyl sites for hydroxylation is 2. The maximum Gasteiger partial charge on any atom is 0.210 e. The van der Waals surface area contributed by atoms with Crippen LogP contribution in [0.4, 0.5) is 8.78 Å². The highest BCUT2D eigenvalue weighted by Crippen LogP contribution is 2.40. The lowest BCUT2D eigenvalue weighted by molar-refractivity contribution is 0.00397. The van der Waals surface area contributed by atoms with Gasteiger partial charge in [-0.1, -0.05) is 0 Å². The molecule has 2 fully saturated rings. The predicted molar refractivity (Wildman–Crippen MR) is 126 cm³/mol. The minimum absolute atomic E-state index is 0.0881. The molecule has 0 unspecified atom stereocenters.